The molecule has 7 atom stereocenters. The number of rotatable bonds is 12. The van der Waals surface area contributed by atoms with Crippen molar-refractivity contribution in [3.05, 3.63) is 54.6 Å². The van der Waals surface area contributed by atoms with Crippen LogP contribution in [0.5, 0.6) is 0 Å². The van der Waals surface area contributed by atoms with Crippen LogP contribution in [0, 0.1) is 31.6 Å². The topological polar surface area (TPSA) is 87.2 Å². The number of benzene rings is 1. The molecular formula is C31H42N2O5S. The summed E-state index contributed by atoms with van der Waals surface area (Å²) in [5, 5.41) is 10.5. The maximum Gasteiger partial charge on any atom is 0.310 e. The van der Waals surface area contributed by atoms with Gasteiger partial charge < -0.3 is 19.6 Å². The summed E-state index contributed by atoms with van der Waals surface area (Å²) in [5.41, 5.74) is 2.77. The van der Waals surface area contributed by atoms with Crippen molar-refractivity contribution in [2.45, 2.75) is 75.5 Å². The molecule has 212 valence electrons. The summed E-state index contributed by atoms with van der Waals surface area (Å²) in [4.78, 5) is 45.9. The second-order valence-electron chi connectivity index (χ2n) is 11.2. The van der Waals surface area contributed by atoms with Crippen LogP contribution in [0.15, 0.2) is 43.5 Å². The van der Waals surface area contributed by atoms with Gasteiger partial charge in [0, 0.05) is 17.5 Å². The van der Waals surface area contributed by atoms with Crippen molar-refractivity contribution in [1.29, 1.82) is 0 Å². The number of amides is 2. The van der Waals surface area contributed by atoms with E-state index in [4.69, 9.17) is 4.74 Å². The van der Waals surface area contributed by atoms with Gasteiger partial charge in [-0.1, -0.05) is 44.6 Å². The average molecular weight is 555 g/mol. The lowest BCUT2D eigenvalue weighted by atomic mass is 9.71. The number of aryl methyl sites for hydroxylation is 2. The lowest BCUT2D eigenvalue weighted by Crippen LogP contribution is -2.58. The fraction of sp³-hybridized carbons (Fsp3) is 0.581. The van der Waals surface area contributed by atoms with Crippen LogP contribution in [0.4, 0.5) is 5.69 Å². The predicted molar refractivity (Wildman–Crippen MR) is 156 cm³/mol. The standard InChI is InChI=1S/C31H42N2O5S/c1-7-10-16-38-30(37)25-24-13-14-31(39-24)26(25)28(35)33(23(18-34)20(5)9-3)27(31)29(36)32(15-8-2)22-17-19(4)11-12-21(22)6/h7-8,11-12,17,20,23-27,34H,1-2,9-10,13-16,18H2,3-6H3/t20-,23-,24-,25+,26-,27?,31?/m0/s1. The summed E-state index contributed by atoms with van der Waals surface area (Å²) < 4.78 is 4.84. The van der Waals surface area contributed by atoms with E-state index in [-0.39, 0.29) is 48.7 Å². The normalized spacial score (nSPS) is 28.6. The SMILES string of the molecule is C=CCCOC(=O)[C@@H]1[C@@H]2CCC3(S2)C(C(=O)N(CC=C)c2cc(C)ccc2C)N([C@@H](CO)[C@@H](C)CC)C(=O)[C@H]13. The van der Waals surface area contributed by atoms with Gasteiger partial charge in [-0.25, -0.2) is 0 Å². The molecule has 3 aliphatic heterocycles. The lowest BCUT2D eigenvalue weighted by Gasteiger charge is -2.41. The van der Waals surface area contributed by atoms with Gasteiger partial charge in [0.05, 0.1) is 35.8 Å². The zero-order valence-electron chi connectivity index (χ0n) is 23.6. The molecule has 3 heterocycles. The van der Waals surface area contributed by atoms with Crippen molar-refractivity contribution in [2.24, 2.45) is 17.8 Å². The van der Waals surface area contributed by atoms with Gasteiger partial charge in [-0.05, 0) is 56.2 Å². The zero-order valence-corrected chi connectivity index (χ0v) is 24.4. The van der Waals surface area contributed by atoms with E-state index < -0.39 is 28.7 Å². The molecule has 3 saturated heterocycles. The van der Waals surface area contributed by atoms with E-state index >= 15 is 0 Å². The Morgan fingerprint density at radius 3 is 2.69 bits per heavy atom. The number of carbonyl (C=O) groups is 3. The average Bonchev–Trinajstić information content (AvgIpc) is 3.56. The summed E-state index contributed by atoms with van der Waals surface area (Å²) in [6, 6.07) is 4.66. The van der Waals surface area contributed by atoms with Gasteiger partial charge in [0.15, 0.2) is 0 Å². The molecule has 1 aromatic carbocycles. The van der Waals surface area contributed by atoms with Crippen molar-refractivity contribution < 1.29 is 24.2 Å². The third kappa shape index (κ3) is 4.95. The first kappa shape index (κ1) is 29.4. The Kier molecular flexibility index (Phi) is 8.96. The van der Waals surface area contributed by atoms with Crippen molar-refractivity contribution in [3.63, 3.8) is 0 Å². The number of aliphatic hydroxyl groups excluding tert-OH is 1. The number of anilines is 1. The van der Waals surface area contributed by atoms with Crippen LogP contribution in [0.25, 0.3) is 0 Å². The molecule has 1 spiro atoms. The van der Waals surface area contributed by atoms with Crippen LogP contribution in [-0.2, 0) is 19.1 Å². The van der Waals surface area contributed by atoms with Gasteiger partial charge in [0.2, 0.25) is 5.91 Å². The molecule has 0 aliphatic carbocycles. The highest BCUT2D eigenvalue weighted by atomic mass is 32.2. The molecular weight excluding hydrogens is 512 g/mol. The van der Waals surface area contributed by atoms with Gasteiger partial charge in [-0.15, -0.1) is 24.9 Å². The van der Waals surface area contributed by atoms with Crippen LogP contribution in [0.1, 0.15) is 50.7 Å². The molecule has 7 nitrogen and oxygen atoms in total. The van der Waals surface area contributed by atoms with Crippen molar-refractivity contribution in [3.8, 4) is 0 Å². The summed E-state index contributed by atoms with van der Waals surface area (Å²) >= 11 is 1.62. The summed E-state index contributed by atoms with van der Waals surface area (Å²) in [6.45, 7) is 15.8. The number of nitrogens with zero attached hydrogens (tertiary/aromatic N) is 2. The van der Waals surface area contributed by atoms with Crippen LogP contribution < -0.4 is 4.90 Å². The number of hydrogen-bond donors (Lipinski definition) is 1. The lowest BCUT2D eigenvalue weighted by molar-refractivity contribution is -0.154. The van der Waals surface area contributed by atoms with Crippen molar-refractivity contribution in [1.82, 2.24) is 4.90 Å². The Morgan fingerprint density at radius 2 is 2.05 bits per heavy atom. The number of carbonyl (C=O) groups excluding carboxylic acids is 3. The van der Waals surface area contributed by atoms with Gasteiger partial charge in [0.1, 0.15) is 6.04 Å². The van der Waals surface area contributed by atoms with Crippen LogP contribution >= 0.6 is 11.8 Å². The van der Waals surface area contributed by atoms with E-state index in [9.17, 15) is 19.5 Å². The third-order valence-electron chi connectivity index (χ3n) is 8.89. The largest absolute Gasteiger partial charge is 0.465 e. The molecule has 1 aromatic rings. The second-order valence-corrected chi connectivity index (χ2v) is 12.8. The highest BCUT2D eigenvalue weighted by Gasteiger charge is 2.75. The molecule has 39 heavy (non-hydrogen) atoms. The van der Waals surface area contributed by atoms with Gasteiger partial charge in [-0.3, -0.25) is 14.4 Å². The molecule has 3 aliphatic rings. The highest BCUT2D eigenvalue weighted by molar-refractivity contribution is 8.02. The summed E-state index contributed by atoms with van der Waals surface area (Å²) in [7, 11) is 0. The molecule has 3 fully saturated rings. The number of ether oxygens (including phenoxy) is 1. The van der Waals surface area contributed by atoms with Gasteiger partial charge >= 0.3 is 5.97 Å². The number of thioether (sulfide) groups is 1. The molecule has 0 radical (unpaired) electrons. The van der Waals surface area contributed by atoms with Gasteiger partial charge in [0.25, 0.3) is 5.91 Å². The van der Waals surface area contributed by atoms with Gasteiger partial charge in [-0.2, -0.15) is 0 Å². The Bertz CT molecular complexity index is 1140. The van der Waals surface area contributed by atoms with Crippen molar-refractivity contribution >= 4 is 35.2 Å². The number of aliphatic hydroxyl groups is 1. The Hall–Kier alpha value is -2.58. The maximum atomic E-state index is 14.8. The van der Waals surface area contributed by atoms with Crippen LogP contribution in [0.3, 0.4) is 0 Å². The molecule has 2 amide bonds. The predicted octanol–water partition coefficient (Wildman–Crippen LogP) is 4.44. The minimum Gasteiger partial charge on any atom is -0.465 e. The summed E-state index contributed by atoms with van der Waals surface area (Å²) in [5.74, 6) is -2.07. The number of hydrogen-bond acceptors (Lipinski definition) is 6. The van der Waals surface area contributed by atoms with E-state index in [1.165, 1.54) is 0 Å². The first-order valence-corrected chi connectivity index (χ1v) is 14.9. The first-order chi connectivity index (χ1) is 18.7. The zero-order chi connectivity index (χ0) is 28.5. The molecule has 1 N–H and O–H groups in total. The Balaban J connectivity index is 1.82. The molecule has 0 aromatic heterocycles. The molecule has 2 bridgehead atoms. The van der Waals surface area contributed by atoms with E-state index in [2.05, 4.69) is 13.2 Å². The van der Waals surface area contributed by atoms with E-state index in [0.717, 1.165) is 29.7 Å². The Labute approximate surface area is 236 Å². The quantitative estimate of drug-likeness (QED) is 0.234. The minimum atomic E-state index is -0.804. The summed E-state index contributed by atoms with van der Waals surface area (Å²) in [6.07, 6.45) is 6.08. The molecule has 2 unspecified atom stereocenters. The number of fused-ring (bicyclic) bond motifs is 1. The fourth-order valence-electron chi connectivity index (χ4n) is 6.74. The molecule has 0 saturated carbocycles. The van der Waals surface area contributed by atoms with E-state index in [0.29, 0.717) is 12.8 Å². The fourth-order valence-corrected chi connectivity index (χ4v) is 8.93. The minimum absolute atomic E-state index is 0.0294. The number of likely N-dealkylation sites (tertiary alicyclic amines) is 1. The Morgan fingerprint density at radius 1 is 1.31 bits per heavy atom. The first-order valence-electron chi connectivity index (χ1n) is 14.0. The molecule has 8 heteroatoms. The van der Waals surface area contributed by atoms with E-state index in [1.807, 2.05) is 45.9 Å². The maximum absolute atomic E-state index is 14.8. The second kappa shape index (κ2) is 11.9. The third-order valence-corrected chi connectivity index (χ3v) is 10.8. The highest BCUT2D eigenvalue weighted by Crippen LogP contribution is 2.67. The van der Waals surface area contributed by atoms with E-state index in [1.54, 1.807) is 33.7 Å². The number of esters is 1. The van der Waals surface area contributed by atoms with Crippen molar-refractivity contribution in [2.75, 3.05) is 24.7 Å². The monoisotopic (exact) mass is 554 g/mol. The van der Waals surface area contributed by atoms with Crippen LogP contribution in [-0.4, -0.2) is 69.6 Å². The smallest absolute Gasteiger partial charge is 0.310 e. The van der Waals surface area contributed by atoms with Crippen LogP contribution in [0.2, 0.25) is 0 Å². The molecule has 4 rings (SSSR count).